The van der Waals surface area contributed by atoms with Crippen molar-refractivity contribution in [1.29, 1.82) is 0 Å². The lowest BCUT2D eigenvalue weighted by Gasteiger charge is -2.30. The summed E-state index contributed by atoms with van der Waals surface area (Å²) in [4.78, 5) is 39.7. The van der Waals surface area contributed by atoms with E-state index in [9.17, 15) is 19.0 Å². The van der Waals surface area contributed by atoms with Gasteiger partial charge in [-0.1, -0.05) is 212 Å². The lowest BCUT2D eigenvalue weighted by atomic mass is 10.0. The molecule has 0 saturated carbocycles. The molecule has 1 amide bonds. The number of unbranched alkanes of at least 4 members (excludes halogenated alkanes) is 28. The maximum Gasteiger partial charge on any atom is 0.306 e. The van der Waals surface area contributed by atoms with Gasteiger partial charge in [-0.05, 0) is 57.4 Å². The van der Waals surface area contributed by atoms with Crippen molar-refractivity contribution < 1.29 is 37.3 Å². The van der Waals surface area contributed by atoms with Gasteiger partial charge in [0, 0.05) is 12.8 Å². The zero-order valence-corrected chi connectivity index (χ0v) is 43.6. The second-order valence-corrected chi connectivity index (χ2v) is 20.8. The summed E-state index contributed by atoms with van der Waals surface area (Å²) in [7, 11) is 1.18. The Kier molecular flexibility index (Phi) is 43.8. The number of nitrogens with one attached hydrogen (secondary N) is 1. The van der Waals surface area contributed by atoms with Crippen LogP contribution in [0.4, 0.5) is 0 Å². The van der Waals surface area contributed by atoms with Gasteiger partial charge in [-0.3, -0.25) is 14.2 Å². The number of ether oxygens (including phenoxy) is 1. The predicted octanol–water partition coefficient (Wildman–Crippen LogP) is 15.0. The summed E-state index contributed by atoms with van der Waals surface area (Å²) in [6.07, 6.45) is 51.0. The van der Waals surface area contributed by atoms with Gasteiger partial charge in [0.25, 0.3) is 7.82 Å². The number of phosphoric ester groups is 1. The highest BCUT2D eigenvalue weighted by Crippen LogP contribution is 2.38. The van der Waals surface area contributed by atoms with Crippen molar-refractivity contribution in [3.05, 3.63) is 36.5 Å². The zero-order valence-electron chi connectivity index (χ0n) is 42.7. The normalized spacial score (nSPS) is 14.2. The van der Waals surface area contributed by atoms with Crippen LogP contribution in [-0.2, 0) is 27.9 Å². The van der Waals surface area contributed by atoms with Crippen LogP contribution in [0.25, 0.3) is 0 Å². The Morgan fingerprint density at radius 1 is 0.562 bits per heavy atom. The predicted molar refractivity (Wildman–Crippen MR) is 270 cm³/mol. The lowest BCUT2D eigenvalue weighted by molar-refractivity contribution is -0.870. The molecule has 0 aliphatic carbocycles. The van der Waals surface area contributed by atoms with Crippen molar-refractivity contribution in [2.45, 2.75) is 258 Å². The maximum atomic E-state index is 13.4. The van der Waals surface area contributed by atoms with Crippen molar-refractivity contribution in [2.24, 2.45) is 0 Å². The molecule has 0 heterocycles. The average Bonchev–Trinajstić information content (AvgIpc) is 3.25. The molecule has 9 nitrogen and oxygen atoms in total. The number of rotatable bonds is 48. The molecule has 10 heteroatoms. The van der Waals surface area contributed by atoms with Gasteiger partial charge < -0.3 is 28.5 Å². The molecule has 0 aromatic heterocycles. The van der Waals surface area contributed by atoms with E-state index in [0.717, 1.165) is 83.5 Å². The van der Waals surface area contributed by atoms with Crippen molar-refractivity contribution >= 4 is 19.7 Å². The highest BCUT2D eigenvalue weighted by molar-refractivity contribution is 7.45. The monoisotopic (exact) mass is 923 g/mol. The minimum atomic E-state index is -4.68. The molecule has 0 saturated heterocycles. The number of esters is 1. The number of hydrogen-bond donors (Lipinski definition) is 1. The summed E-state index contributed by atoms with van der Waals surface area (Å²) in [6.45, 7) is 6.72. The maximum absolute atomic E-state index is 13.4. The molecular formula is C54H103N2O7P. The summed E-state index contributed by atoms with van der Waals surface area (Å²) in [5, 5.41) is 3.01. The Hall–Kier alpha value is -1.77. The summed E-state index contributed by atoms with van der Waals surface area (Å²) in [6, 6.07) is -0.885. The number of allylic oxidation sites excluding steroid dienone is 5. The fraction of sp³-hybridized carbons (Fsp3) is 0.852. The molecule has 0 rings (SSSR count). The first-order valence-corrected chi connectivity index (χ1v) is 28.3. The molecule has 3 unspecified atom stereocenters. The number of amides is 1. The Bertz CT molecular complexity index is 1200. The van der Waals surface area contributed by atoms with Gasteiger partial charge in [0.15, 0.2) is 0 Å². The summed E-state index contributed by atoms with van der Waals surface area (Å²) in [5.74, 6) is -0.546. The van der Waals surface area contributed by atoms with E-state index in [-0.39, 0.29) is 31.5 Å². The van der Waals surface area contributed by atoms with Gasteiger partial charge in [-0.2, -0.15) is 0 Å². The third kappa shape index (κ3) is 45.4. The fourth-order valence-electron chi connectivity index (χ4n) is 7.68. The van der Waals surface area contributed by atoms with Crippen molar-refractivity contribution in [1.82, 2.24) is 5.32 Å². The van der Waals surface area contributed by atoms with Crippen molar-refractivity contribution in [2.75, 3.05) is 40.9 Å². The lowest BCUT2D eigenvalue weighted by Crippen LogP contribution is -2.47. The number of hydrogen-bond acceptors (Lipinski definition) is 7. The number of phosphoric acid groups is 1. The number of nitrogens with zero attached hydrogens (tertiary/aromatic N) is 1. The van der Waals surface area contributed by atoms with Crippen LogP contribution in [0.2, 0.25) is 0 Å². The third-order valence-corrected chi connectivity index (χ3v) is 12.8. The highest BCUT2D eigenvalue weighted by Gasteiger charge is 2.27. The Morgan fingerprint density at radius 3 is 1.48 bits per heavy atom. The van der Waals surface area contributed by atoms with E-state index in [4.69, 9.17) is 13.8 Å². The van der Waals surface area contributed by atoms with Gasteiger partial charge in [-0.25, -0.2) is 0 Å². The zero-order chi connectivity index (χ0) is 47.3. The minimum absolute atomic E-state index is 0.0218. The number of likely N-dealkylation sites (N-methyl/N-ethyl adjacent to an activating group) is 1. The first-order chi connectivity index (χ1) is 30.9. The van der Waals surface area contributed by atoms with Crippen LogP contribution in [0.1, 0.15) is 245 Å². The molecule has 64 heavy (non-hydrogen) atoms. The Labute approximate surface area is 396 Å². The fourth-order valence-corrected chi connectivity index (χ4v) is 8.40. The van der Waals surface area contributed by atoms with Crippen molar-refractivity contribution in [3.8, 4) is 0 Å². The quantitative estimate of drug-likeness (QED) is 0.0212. The summed E-state index contributed by atoms with van der Waals surface area (Å²) in [5.41, 5.74) is 0. The Balaban J connectivity index is 5.42. The molecule has 1 N–H and O–H groups in total. The van der Waals surface area contributed by atoms with Crippen LogP contribution < -0.4 is 10.2 Å². The minimum Gasteiger partial charge on any atom is -0.756 e. The molecule has 0 radical (unpaired) electrons. The molecule has 0 spiro atoms. The van der Waals surface area contributed by atoms with Crippen LogP contribution in [0.15, 0.2) is 36.5 Å². The largest absolute Gasteiger partial charge is 0.756 e. The SMILES string of the molecule is CC/C=C/C/C=C/CCCCCCCCCC(=O)OC(/C=C/CCCCCCCCCCCCC)C(COP(=O)([O-])OCC[N+](C)(C)C)NC(=O)CCCCCCCCCCCCC. The number of carbonyl (C=O) groups excluding carboxylic acids is 2. The standard InChI is InChI=1S/C54H103N2O7P/c1-7-10-13-16-19-22-25-27-29-32-35-38-41-44-47-54(58)63-52(45-42-39-36-33-31-28-26-23-20-17-14-11-8-2)51(50-62-64(59,60)61-49-48-56(4,5)6)55-53(57)46-43-40-37-34-30-24-21-18-15-12-9-3/h10,13,19,22,42,45,51-52H,7-9,11-12,14-18,20-21,23-41,43-44,46-50H2,1-6H3,(H-,55,57,59,60)/b13-10+,22-19+,45-42+. The van der Waals surface area contributed by atoms with Gasteiger partial charge >= 0.3 is 5.97 Å². The molecule has 0 fully saturated rings. The topological polar surface area (TPSA) is 114 Å². The third-order valence-electron chi connectivity index (χ3n) is 11.8. The van der Waals surface area contributed by atoms with E-state index in [1.165, 1.54) is 128 Å². The molecule has 3 atom stereocenters. The summed E-state index contributed by atoms with van der Waals surface area (Å²) >= 11 is 0. The molecule has 0 bridgehead atoms. The highest BCUT2D eigenvalue weighted by atomic mass is 31.2. The average molecular weight is 923 g/mol. The summed E-state index contributed by atoms with van der Waals surface area (Å²) < 4.78 is 30.1. The molecule has 0 aromatic rings. The van der Waals surface area contributed by atoms with Gasteiger partial charge in [0.2, 0.25) is 5.91 Å². The molecule has 0 aliphatic heterocycles. The molecule has 376 valence electrons. The number of quaternary nitrogens is 1. The van der Waals surface area contributed by atoms with Gasteiger partial charge in [0.1, 0.15) is 19.3 Å². The van der Waals surface area contributed by atoms with E-state index in [1.807, 2.05) is 33.3 Å². The second kappa shape index (κ2) is 45.0. The second-order valence-electron chi connectivity index (χ2n) is 19.4. The van der Waals surface area contributed by atoms with Crippen molar-refractivity contribution in [3.63, 3.8) is 0 Å². The van der Waals surface area contributed by atoms with E-state index in [1.54, 1.807) is 0 Å². The van der Waals surface area contributed by atoms with E-state index >= 15 is 0 Å². The smallest absolute Gasteiger partial charge is 0.306 e. The number of carbonyl (C=O) groups is 2. The van der Waals surface area contributed by atoms with Crippen LogP contribution in [-0.4, -0.2) is 69.4 Å². The van der Waals surface area contributed by atoms with E-state index < -0.39 is 20.0 Å². The van der Waals surface area contributed by atoms with E-state index in [0.29, 0.717) is 17.4 Å². The van der Waals surface area contributed by atoms with Gasteiger partial charge in [0.05, 0.1) is 33.8 Å². The molecule has 0 aliphatic rings. The van der Waals surface area contributed by atoms with Crippen LogP contribution in [0, 0.1) is 0 Å². The van der Waals surface area contributed by atoms with Crippen LogP contribution in [0.3, 0.4) is 0 Å². The molecule has 0 aromatic carbocycles. The van der Waals surface area contributed by atoms with Crippen LogP contribution >= 0.6 is 7.82 Å². The first kappa shape index (κ1) is 62.2. The molecular weight excluding hydrogens is 820 g/mol. The van der Waals surface area contributed by atoms with Gasteiger partial charge in [-0.15, -0.1) is 0 Å². The van der Waals surface area contributed by atoms with E-state index in [2.05, 4.69) is 50.4 Å². The first-order valence-electron chi connectivity index (χ1n) is 26.8. The Morgan fingerprint density at radius 2 is 1.00 bits per heavy atom. The van der Waals surface area contributed by atoms with Crippen LogP contribution in [0.5, 0.6) is 0 Å².